The Morgan fingerprint density at radius 3 is 2.29 bits per heavy atom. The maximum atomic E-state index is 12.4. The summed E-state index contributed by atoms with van der Waals surface area (Å²) in [5.41, 5.74) is 8.21. The summed E-state index contributed by atoms with van der Waals surface area (Å²) in [5, 5.41) is 0. The molecule has 112 valence electrons. The van der Waals surface area contributed by atoms with E-state index in [-0.39, 0.29) is 10.9 Å². The van der Waals surface area contributed by atoms with E-state index in [0.29, 0.717) is 10.2 Å². The second-order valence-electron chi connectivity index (χ2n) is 4.95. The van der Waals surface area contributed by atoms with Crippen molar-refractivity contribution in [1.29, 1.82) is 0 Å². The lowest BCUT2D eigenvalue weighted by molar-refractivity contribution is 0.601. The number of benzene rings is 2. The number of nitrogens with two attached hydrogens (primary N) is 1. The van der Waals surface area contributed by atoms with Gasteiger partial charge in [-0.2, -0.15) is 0 Å². The highest BCUT2D eigenvalue weighted by molar-refractivity contribution is 9.10. The lowest BCUT2D eigenvalue weighted by Gasteiger charge is -2.11. The van der Waals surface area contributed by atoms with Crippen molar-refractivity contribution in [2.24, 2.45) is 5.73 Å². The molecule has 0 aromatic heterocycles. The zero-order valence-electron chi connectivity index (χ0n) is 11.8. The van der Waals surface area contributed by atoms with Crippen molar-refractivity contribution < 1.29 is 8.42 Å². The van der Waals surface area contributed by atoms with Crippen LogP contribution in [-0.2, 0) is 10.0 Å². The van der Waals surface area contributed by atoms with E-state index in [4.69, 9.17) is 5.73 Å². The van der Waals surface area contributed by atoms with Gasteiger partial charge in [-0.3, -0.25) is 4.72 Å². The highest BCUT2D eigenvalue weighted by Gasteiger charge is 2.15. The standard InChI is InChI=1S/C15H17BrN2O2S/c1-10-3-8-15(14(16)9-10)18-21(19,20)13-6-4-12(5-7-13)11(2)17/h3-9,11,18H,17H2,1-2H3. The molecule has 3 N–H and O–H groups in total. The van der Waals surface area contributed by atoms with Crippen LogP contribution in [0.5, 0.6) is 0 Å². The van der Waals surface area contributed by atoms with Gasteiger partial charge in [-0.15, -0.1) is 0 Å². The fourth-order valence-electron chi connectivity index (χ4n) is 1.86. The topological polar surface area (TPSA) is 72.2 Å². The Hall–Kier alpha value is -1.37. The smallest absolute Gasteiger partial charge is 0.261 e. The minimum atomic E-state index is -3.61. The Kier molecular flexibility index (Phi) is 4.70. The lowest BCUT2D eigenvalue weighted by atomic mass is 10.1. The van der Waals surface area contributed by atoms with Crippen molar-refractivity contribution in [3.05, 3.63) is 58.1 Å². The molecule has 2 aromatic rings. The van der Waals surface area contributed by atoms with Crippen molar-refractivity contribution in [2.45, 2.75) is 24.8 Å². The van der Waals surface area contributed by atoms with Crippen molar-refractivity contribution in [1.82, 2.24) is 0 Å². The third-order valence-corrected chi connectivity index (χ3v) is 5.12. The first-order valence-electron chi connectivity index (χ1n) is 6.44. The summed E-state index contributed by atoms with van der Waals surface area (Å²) < 4.78 is 28.0. The molecule has 0 bridgehead atoms. The molecule has 0 spiro atoms. The minimum absolute atomic E-state index is 0.124. The third-order valence-electron chi connectivity index (χ3n) is 3.09. The van der Waals surface area contributed by atoms with Gasteiger partial charge in [0, 0.05) is 10.5 Å². The second-order valence-corrected chi connectivity index (χ2v) is 7.48. The van der Waals surface area contributed by atoms with Crippen LogP contribution in [0, 0.1) is 6.92 Å². The lowest BCUT2D eigenvalue weighted by Crippen LogP contribution is -2.14. The molecular formula is C15H17BrN2O2S. The Morgan fingerprint density at radius 1 is 1.14 bits per heavy atom. The minimum Gasteiger partial charge on any atom is -0.324 e. The average molecular weight is 369 g/mol. The number of rotatable bonds is 4. The molecule has 0 amide bonds. The average Bonchev–Trinajstić information content (AvgIpc) is 2.42. The molecule has 0 heterocycles. The molecule has 6 heteroatoms. The van der Waals surface area contributed by atoms with E-state index in [1.165, 1.54) is 0 Å². The van der Waals surface area contributed by atoms with Gasteiger partial charge in [0.1, 0.15) is 0 Å². The summed E-state index contributed by atoms with van der Waals surface area (Å²) in [6, 6.07) is 11.9. The van der Waals surface area contributed by atoms with Gasteiger partial charge in [0.2, 0.25) is 0 Å². The summed E-state index contributed by atoms with van der Waals surface area (Å²) in [4.78, 5) is 0.208. The van der Waals surface area contributed by atoms with E-state index in [0.717, 1.165) is 11.1 Å². The van der Waals surface area contributed by atoms with Crippen LogP contribution >= 0.6 is 15.9 Å². The first-order valence-corrected chi connectivity index (χ1v) is 8.72. The molecule has 1 atom stereocenters. The highest BCUT2D eigenvalue weighted by Crippen LogP contribution is 2.26. The van der Waals surface area contributed by atoms with Gasteiger partial charge < -0.3 is 5.73 Å². The van der Waals surface area contributed by atoms with Gasteiger partial charge in [0.25, 0.3) is 10.0 Å². The van der Waals surface area contributed by atoms with Crippen LogP contribution in [0.15, 0.2) is 51.8 Å². The first-order chi connectivity index (χ1) is 9.79. The van der Waals surface area contributed by atoms with Gasteiger partial charge >= 0.3 is 0 Å². The third kappa shape index (κ3) is 3.84. The molecule has 1 unspecified atom stereocenters. The molecule has 21 heavy (non-hydrogen) atoms. The van der Waals surface area contributed by atoms with Gasteiger partial charge in [0.05, 0.1) is 10.6 Å². The van der Waals surface area contributed by atoms with Crippen LogP contribution in [-0.4, -0.2) is 8.42 Å². The maximum Gasteiger partial charge on any atom is 0.261 e. The molecule has 0 saturated heterocycles. The molecule has 0 aliphatic carbocycles. The largest absolute Gasteiger partial charge is 0.324 e. The number of halogens is 1. The quantitative estimate of drug-likeness (QED) is 0.865. The molecule has 0 aliphatic heterocycles. The Morgan fingerprint density at radius 2 is 1.76 bits per heavy atom. The van der Waals surface area contributed by atoms with Crippen LogP contribution in [0.25, 0.3) is 0 Å². The second kappa shape index (κ2) is 6.17. The molecular weight excluding hydrogens is 352 g/mol. The summed E-state index contributed by atoms with van der Waals surface area (Å²) in [6.45, 7) is 3.79. The molecule has 2 aromatic carbocycles. The number of aryl methyl sites for hydroxylation is 1. The Balaban J connectivity index is 2.29. The van der Waals surface area contributed by atoms with Crippen molar-refractivity contribution >= 4 is 31.6 Å². The first kappa shape index (κ1) is 16.0. The number of anilines is 1. The van der Waals surface area contributed by atoms with E-state index in [9.17, 15) is 8.42 Å². The Labute approximate surface area is 133 Å². The molecule has 4 nitrogen and oxygen atoms in total. The van der Waals surface area contributed by atoms with E-state index in [1.54, 1.807) is 30.3 Å². The molecule has 0 saturated carbocycles. The van der Waals surface area contributed by atoms with Crippen molar-refractivity contribution in [2.75, 3.05) is 4.72 Å². The van der Waals surface area contributed by atoms with Gasteiger partial charge in [-0.1, -0.05) is 18.2 Å². The monoisotopic (exact) mass is 368 g/mol. The predicted octanol–water partition coefficient (Wildman–Crippen LogP) is 3.58. The summed E-state index contributed by atoms with van der Waals surface area (Å²) in [7, 11) is -3.61. The van der Waals surface area contributed by atoms with Gasteiger partial charge in [-0.05, 0) is 65.2 Å². The van der Waals surface area contributed by atoms with Crippen molar-refractivity contribution in [3.8, 4) is 0 Å². The van der Waals surface area contributed by atoms with E-state index >= 15 is 0 Å². The van der Waals surface area contributed by atoms with Crippen LogP contribution < -0.4 is 10.5 Å². The number of hydrogen-bond donors (Lipinski definition) is 2. The zero-order valence-corrected chi connectivity index (χ0v) is 14.2. The van der Waals surface area contributed by atoms with Crippen LogP contribution in [0.1, 0.15) is 24.1 Å². The summed E-state index contributed by atoms with van der Waals surface area (Å²) in [5.74, 6) is 0. The summed E-state index contributed by atoms with van der Waals surface area (Å²) >= 11 is 3.36. The SMILES string of the molecule is Cc1ccc(NS(=O)(=O)c2ccc(C(C)N)cc2)c(Br)c1. The summed E-state index contributed by atoms with van der Waals surface area (Å²) in [6.07, 6.45) is 0. The molecule has 0 fully saturated rings. The highest BCUT2D eigenvalue weighted by atomic mass is 79.9. The fourth-order valence-corrected chi connectivity index (χ4v) is 3.66. The molecule has 0 aliphatic rings. The number of nitrogens with one attached hydrogen (secondary N) is 1. The zero-order chi connectivity index (χ0) is 15.6. The Bertz CT molecular complexity index is 741. The number of sulfonamides is 1. The number of hydrogen-bond acceptors (Lipinski definition) is 3. The molecule has 0 radical (unpaired) electrons. The molecule has 2 rings (SSSR count). The van der Waals surface area contributed by atoms with E-state index in [1.807, 2.05) is 26.0 Å². The normalized spacial score (nSPS) is 13.0. The van der Waals surface area contributed by atoms with Crippen LogP contribution in [0.3, 0.4) is 0 Å². The van der Waals surface area contributed by atoms with Crippen molar-refractivity contribution in [3.63, 3.8) is 0 Å². The predicted molar refractivity (Wildman–Crippen MR) is 88.7 cm³/mol. The van der Waals surface area contributed by atoms with E-state index < -0.39 is 10.0 Å². The van der Waals surface area contributed by atoms with Gasteiger partial charge in [0.15, 0.2) is 0 Å². The maximum absolute atomic E-state index is 12.4. The van der Waals surface area contributed by atoms with Gasteiger partial charge in [-0.25, -0.2) is 8.42 Å². The van der Waals surface area contributed by atoms with Crippen LogP contribution in [0.4, 0.5) is 5.69 Å². The fraction of sp³-hybridized carbons (Fsp3) is 0.200. The van der Waals surface area contributed by atoms with Crippen LogP contribution in [0.2, 0.25) is 0 Å². The van der Waals surface area contributed by atoms with E-state index in [2.05, 4.69) is 20.7 Å².